The second-order valence-corrected chi connectivity index (χ2v) is 6.05. The highest BCUT2D eigenvalue weighted by molar-refractivity contribution is 9.10. The van der Waals surface area contributed by atoms with Gasteiger partial charge >= 0.3 is 0 Å². The number of hydrogen-bond acceptors (Lipinski definition) is 3. The first-order valence-electron chi connectivity index (χ1n) is 6.26. The molecule has 0 saturated carbocycles. The van der Waals surface area contributed by atoms with Crippen LogP contribution in [-0.2, 0) is 0 Å². The number of rotatable bonds is 4. The fourth-order valence-corrected chi connectivity index (χ4v) is 2.74. The molecule has 18 heavy (non-hydrogen) atoms. The quantitative estimate of drug-likeness (QED) is 0.925. The SMILES string of the molecule is COc1ccc(OC(C)(C)C2CCNC2)c(Br)c1. The van der Waals surface area contributed by atoms with Crippen molar-refractivity contribution in [2.75, 3.05) is 20.2 Å². The van der Waals surface area contributed by atoms with E-state index in [4.69, 9.17) is 9.47 Å². The summed E-state index contributed by atoms with van der Waals surface area (Å²) in [5.41, 5.74) is -0.166. The van der Waals surface area contributed by atoms with Crippen molar-refractivity contribution in [1.82, 2.24) is 5.32 Å². The zero-order valence-corrected chi connectivity index (χ0v) is 12.7. The Morgan fingerprint density at radius 1 is 1.39 bits per heavy atom. The van der Waals surface area contributed by atoms with Gasteiger partial charge in [0.25, 0.3) is 0 Å². The number of benzene rings is 1. The minimum atomic E-state index is -0.166. The molecule has 1 atom stereocenters. The number of nitrogens with one attached hydrogen (secondary N) is 1. The number of ether oxygens (including phenoxy) is 2. The monoisotopic (exact) mass is 313 g/mol. The molecule has 1 unspecified atom stereocenters. The lowest BCUT2D eigenvalue weighted by molar-refractivity contribution is 0.0516. The van der Waals surface area contributed by atoms with Gasteiger partial charge in [-0.3, -0.25) is 0 Å². The molecule has 1 aliphatic rings. The highest BCUT2D eigenvalue weighted by Crippen LogP contribution is 2.35. The molecule has 1 aromatic carbocycles. The first kappa shape index (κ1) is 13.7. The standard InChI is InChI=1S/C14H20BrNO2/c1-14(2,10-6-7-16-9-10)18-13-5-4-11(17-3)8-12(13)15/h4-5,8,10,16H,6-7,9H2,1-3H3. The van der Waals surface area contributed by atoms with Crippen LogP contribution < -0.4 is 14.8 Å². The third-order valence-electron chi connectivity index (χ3n) is 3.56. The molecular weight excluding hydrogens is 294 g/mol. The molecule has 1 aromatic rings. The van der Waals surface area contributed by atoms with Crippen molar-refractivity contribution in [3.05, 3.63) is 22.7 Å². The van der Waals surface area contributed by atoms with E-state index in [2.05, 4.69) is 35.1 Å². The molecule has 1 aliphatic heterocycles. The minimum absolute atomic E-state index is 0.166. The van der Waals surface area contributed by atoms with Crippen LogP contribution in [0.25, 0.3) is 0 Å². The Hall–Kier alpha value is -0.740. The smallest absolute Gasteiger partial charge is 0.134 e. The van der Waals surface area contributed by atoms with E-state index in [1.165, 1.54) is 6.42 Å². The summed E-state index contributed by atoms with van der Waals surface area (Å²) in [6.45, 7) is 6.42. The molecule has 3 nitrogen and oxygen atoms in total. The normalized spacial score (nSPS) is 19.9. The lowest BCUT2D eigenvalue weighted by Crippen LogP contribution is -2.38. The average molecular weight is 314 g/mol. The molecule has 0 aromatic heterocycles. The van der Waals surface area contributed by atoms with E-state index in [9.17, 15) is 0 Å². The third kappa shape index (κ3) is 2.98. The van der Waals surface area contributed by atoms with Gasteiger partial charge in [0.1, 0.15) is 17.1 Å². The molecule has 0 aliphatic carbocycles. The summed E-state index contributed by atoms with van der Waals surface area (Å²) in [5.74, 6) is 2.24. The van der Waals surface area contributed by atoms with Crippen LogP contribution in [0.15, 0.2) is 22.7 Å². The lowest BCUT2D eigenvalue weighted by atomic mass is 9.90. The summed E-state index contributed by atoms with van der Waals surface area (Å²) < 4.78 is 12.3. The van der Waals surface area contributed by atoms with Gasteiger partial charge in [0.05, 0.1) is 11.6 Å². The Balaban J connectivity index is 2.12. The zero-order valence-electron chi connectivity index (χ0n) is 11.1. The van der Waals surface area contributed by atoms with Crippen LogP contribution in [0.5, 0.6) is 11.5 Å². The Labute approximate surface area is 117 Å². The van der Waals surface area contributed by atoms with Gasteiger partial charge in [-0.1, -0.05) is 0 Å². The number of methoxy groups -OCH3 is 1. The van der Waals surface area contributed by atoms with Gasteiger partial charge in [-0.15, -0.1) is 0 Å². The van der Waals surface area contributed by atoms with E-state index < -0.39 is 0 Å². The van der Waals surface area contributed by atoms with Gasteiger partial charge in [0, 0.05) is 12.5 Å². The second-order valence-electron chi connectivity index (χ2n) is 5.19. The van der Waals surface area contributed by atoms with Crippen molar-refractivity contribution in [3.8, 4) is 11.5 Å². The predicted octanol–water partition coefficient (Wildman–Crippen LogP) is 3.22. The maximum atomic E-state index is 6.17. The van der Waals surface area contributed by atoms with Crippen LogP contribution in [0.4, 0.5) is 0 Å². The van der Waals surface area contributed by atoms with Gasteiger partial charge in [0.2, 0.25) is 0 Å². The molecule has 100 valence electrons. The van der Waals surface area contributed by atoms with Crippen molar-refractivity contribution in [1.29, 1.82) is 0 Å². The Morgan fingerprint density at radius 2 is 2.17 bits per heavy atom. The molecule has 0 radical (unpaired) electrons. The van der Waals surface area contributed by atoms with E-state index in [1.807, 2.05) is 18.2 Å². The number of halogens is 1. The van der Waals surface area contributed by atoms with Gasteiger partial charge in [-0.25, -0.2) is 0 Å². The summed E-state index contributed by atoms with van der Waals surface area (Å²) in [6, 6.07) is 5.80. The highest BCUT2D eigenvalue weighted by atomic mass is 79.9. The summed E-state index contributed by atoms with van der Waals surface area (Å²) in [7, 11) is 1.66. The zero-order chi connectivity index (χ0) is 13.2. The molecule has 4 heteroatoms. The van der Waals surface area contributed by atoms with Crippen molar-refractivity contribution < 1.29 is 9.47 Å². The van der Waals surface area contributed by atoms with Crippen LogP contribution in [0.1, 0.15) is 20.3 Å². The fraction of sp³-hybridized carbons (Fsp3) is 0.571. The van der Waals surface area contributed by atoms with Crippen LogP contribution in [0.2, 0.25) is 0 Å². The Kier molecular flexibility index (Phi) is 4.17. The van der Waals surface area contributed by atoms with Gasteiger partial charge in [0.15, 0.2) is 0 Å². The van der Waals surface area contributed by atoms with E-state index >= 15 is 0 Å². The van der Waals surface area contributed by atoms with Crippen molar-refractivity contribution in [2.45, 2.75) is 25.9 Å². The highest BCUT2D eigenvalue weighted by Gasteiger charge is 2.34. The number of hydrogen-bond donors (Lipinski definition) is 1. The third-order valence-corrected chi connectivity index (χ3v) is 4.18. The van der Waals surface area contributed by atoms with E-state index in [0.29, 0.717) is 5.92 Å². The first-order chi connectivity index (χ1) is 8.53. The van der Waals surface area contributed by atoms with Crippen LogP contribution >= 0.6 is 15.9 Å². The van der Waals surface area contributed by atoms with Crippen molar-refractivity contribution in [3.63, 3.8) is 0 Å². The largest absolute Gasteiger partial charge is 0.497 e. The lowest BCUT2D eigenvalue weighted by Gasteiger charge is -2.32. The average Bonchev–Trinajstić information content (AvgIpc) is 2.86. The molecular formula is C14H20BrNO2. The van der Waals surface area contributed by atoms with Gasteiger partial charge in [-0.05, 0) is 60.9 Å². The van der Waals surface area contributed by atoms with Gasteiger partial charge in [-0.2, -0.15) is 0 Å². The van der Waals surface area contributed by atoms with Crippen molar-refractivity contribution >= 4 is 15.9 Å². The first-order valence-corrected chi connectivity index (χ1v) is 7.05. The van der Waals surface area contributed by atoms with E-state index in [1.54, 1.807) is 7.11 Å². The minimum Gasteiger partial charge on any atom is -0.497 e. The van der Waals surface area contributed by atoms with E-state index in [-0.39, 0.29) is 5.60 Å². The topological polar surface area (TPSA) is 30.5 Å². The molecule has 0 bridgehead atoms. The molecule has 2 rings (SSSR count). The summed E-state index contributed by atoms with van der Waals surface area (Å²) in [5, 5.41) is 3.39. The van der Waals surface area contributed by atoms with Crippen LogP contribution in [0.3, 0.4) is 0 Å². The predicted molar refractivity (Wildman–Crippen MR) is 76.4 cm³/mol. The Morgan fingerprint density at radius 3 is 2.72 bits per heavy atom. The fourth-order valence-electron chi connectivity index (χ4n) is 2.31. The summed E-state index contributed by atoms with van der Waals surface area (Å²) in [4.78, 5) is 0. The summed E-state index contributed by atoms with van der Waals surface area (Å²) in [6.07, 6.45) is 1.17. The second kappa shape index (κ2) is 5.49. The van der Waals surface area contributed by atoms with Crippen LogP contribution in [0, 0.1) is 5.92 Å². The summed E-state index contributed by atoms with van der Waals surface area (Å²) >= 11 is 3.53. The molecule has 1 N–H and O–H groups in total. The maximum Gasteiger partial charge on any atom is 0.134 e. The van der Waals surface area contributed by atoms with E-state index in [0.717, 1.165) is 29.1 Å². The Bertz CT molecular complexity index is 414. The molecule has 0 amide bonds. The molecule has 1 saturated heterocycles. The van der Waals surface area contributed by atoms with Gasteiger partial charge < -0.3 is 14.8 Å². The molecule has 1 fully saturated rings. The molecule has 0 spiro atoms. The molecule has 1 heterocycles. The maximum absolute atomic E-state index is 6.17. The van der Waals surface area contributed by atoms with Crippen LogP contribution in [-0.4, -0.2) is 25.8 Å². The van der Waals surface area contributed by atoms with Crippen molar-refractivity contribution in [2.24, 2.45) is 5.92 Å².